The van der Waals surface area contributed by atoms with Gasteiger partial charge in [0.05, 0.1) is 5.92 Å². The number of benzene rings is 1. The summed E-state index contributed by atoms with van der Waals surface area (Å²) in [6.45, 7) is 0.932. The fourth-order valence-electron chi connectivity index (χ4n) is 4.28. The summed E-state index contributed by atoms with van der Waals surface area (Å²) in [5.74, 6) is 0.686. The molecule has 1 aromatic carbocycles. The van der Waals surface area contributed by atoms with Gasteiger partial charge < -0.3 is 15.0 Å². The number of carboxylic acid groups (broad SMARTS) is 1. The summed E-state index contributed by atoms with van der Waals surface area (Å²) in [7, 11) is 0. The maximum atomic E-state index is 12.6. The molecule has 148 valence electrons. The molecule has 2 aliphatic rings. The zero-order valence-electron chi connectivity index (χ0n) is 15.9. The van der Waals surface area contributed by atoms with Crippen molar-refractivity contribution in [2.45, 2.75) is 57.9 Å². The summed E-state index contributed by atoms with van der Waals surface area (Å²) in [6, 6.07) is 7.74. The van der Waals surface area contributed by atoms with Gasteiger partial charge in [0.25, 0.3) is 0 Å². The lowest BCUT2D eigenvalue weighted by Gasteiger charge is -2.25. The predicted molar refractivity (Wildman–Crippen MR) is 105 cm³/mol. The van der Waals surface area contributed by atoms with Crippen molar-refractivity contribution in [2.24, 2.45) is 11.8 Å². The minimum absolute atomic E-state index is 0.0268. The van der Waals surface area contributed by atoms with E-state index in [2.05, 4.69) is 20.1 Å². The first kappa shape index (κ1) is 18.7. The number of carboxylic acids is 1. The topological polar surface area (TPSA) is 97.1 Å². The van der Waals surface area contributed by atoms with Crippen LogP contribution in [0.1, 0.15) is 50.8 Å². The molecular formula is C21H26N4O3. The van der Waals surface area contributed by atoms with E-state index >= 15 is 0 Å². The highest BCUT2D eigenvalue weighted by Crippen LogP contribution is 2.30. The first-order chi connectivity index (χ1) is 13.6. The minimum Gasteiger partial charge on any atom is -0.481 e. The molecule has 1 saturated carbocycles. The Bertz CT molecular complexity index is 868. The van der Waals surface area contributed by atoms with Crippen molar-refractivity contribution in [3.05, 3.63) is 30.1 Å². The van der Waals surface area contributed by atoms with E-state index in [1.54, 1.807) is 0 Å². The fourth-order valence-corrected chi connectivity index (χ4v) is 4.28. The highest BCUT2D eigenvalue weighted by molar-refractivity contribution is 5.93. The second kappa shape index (κ2) is 8.12. The van der Waals surface area contributed by atoms with E-state index in [-0.39, 0.29) is 17.7 Å². The molecule has 2 heterocycles. The van der Waals surface area contributed by atoms with Gasteiger partial charge in [-0.25, -0.2) is 0 Å². The van der Waals surface area contributed by atoms with E-state index in [0.29, 0.717) is 25.7 Å². The Kier molecular flexibility index (Phi) is 5.41. The van der Waals surface area contributed by atoms with Gasteiger partial charge in [-0.2, -0.15) is 0 Å². The third-order valence-electron chi connectivity index (χ3n) is 5.95. The van der Waals surface area contributed by atoms with Crippen molar-refractivity contribution in [1.82, 2.24) is 14.8 Å². The molecule has 7 nitrogen and oxygen atoms in total. The minimum atomic E-state index is -0.751. The standard InChI is InChI=1S/C21H26N4O3/c26-20(14-8-10-15(11-9-14)21(27)28)22-17-6-4-5-16(13-17)19-24-23-18-7-2-1-3-12-25(18)19/h4-6,13-15H,1-3,7-12H2,(H,22,26)(H,27,28). The highest BCUT2D eigenvalue weighted by Gasteiger charge is 2.29. The van der Waals surface area contributed by atoms with Gasteiger partial charge in [-0.1, -0.05) is 18.6 Å². The van der Waals surface area contributed by atoms with Crippen LogP contribution in [0.4, 0.5) is 5.69 Å². The second-order valence-electron chi connectivity index (χ2n) is 7.86. The lowest BCUT2D eigenvalue weighted by molar-refractivity contribution is -0.143. The summed E-state index contributed by atoms with van der Waals surface area (Å²) in [5, 5.41) is 20.9. The summed E-state index contributed by atoms with van der Waals surface area (Å²) < 4.78 is 2.20. The molecule has 0 spiro atoms. The summed E-state index contributed by atoms with van der Waals surface area (Å²) in [6.07, 6.45) is 6.84. The molecule has 0 saturated heterocycles. The molecule has 0 unspecified atom stereocenters. The third-order valence-corrected chi connectivity index (χ3v) is 5.95. The Balaban J connectivity index is 1.45. The van der Waals surface area contributed by atoms with Crippen LogP contribution in [-0.4, -0.2) is 31.7 Å². The van der Waals surface area contributed by atoms with Crippen LogP contribution in [0.5, 0.6) is 0 Å². The van der Waals surface area contributed by atoms with Crippen molar-refractivity contribution in [3.63, 3.8) is 0 Å². The van der Waals surface area contributed by atoms with Crippen LogP contribution in [0, 0.1) is 11.8 Å². The first-order valence-electron chi connectivity index (χ1n) is 10.2. The normalized spacial score (nSPS) is 22.1. The SMILES string of the molecule is O=C(O)C1CCC(C(=O)Nc2cccc(-c3nnc4n3CCCCC4)c2)CC1. The number of rotatable bonds is 4. The van der Waals surface area contributed by atoms with Crippen LogP contribution in [0.3, 0.4) is 0 Å². The van der Waals surface area contributed by atoms with Crippen molar-refractivity contribution in [2.75, 3.05) is 5.32 Å². The Morgan fingerprint density at radius 2 is 1.82 bits per heavy atom. The molecule has 7 heteroatoms. The van der Waals surface area contributed by atoms with Crippen LogP contribution in [0.15, 0.2) is 24.3 Å². The Hall–Kier alpha value is -2.70. The van der Waals surface area contributed by atoms with E-state index < -0.39 is 5.97 Å². The number of aryl methyl sites for hydroxylation is 1. The van der Waals surface area contributed by atoms with Crippen LogP contribution in [0.2, 0.25) is 0 Å². The number of nitrogens with one attached hydrogen (secondary N) is 1. The van der Waals surface area contributed by atoms with Crippen molar-refractivity contribution in [3.8, 4) is 11.4 Å². The maximum Gasteiger partial charge on any atom is 0.306 e. The number of aromatic nitrogens is 3. The van der Waals surface area contributed by atoms with Gasteiger partial charge in [-0.15, -0.1) is 10.2 Å². The fraction of sp³-hybridized carbons (Fsp3) is 0.524. The second-order valence-corrected chi connectivity index (χ2v) is 7.86. The predicted octanol–water partition coefficient (Wildman–Crippen LogP) is 3.50. The third kappa shape index (κ3) is 3.93. The van der Waals surface area contributed by atoms with E-state index in [0.717, 1.165) is 48.7 Å². The van der Waals surface area contributed by atoms with Crippen molar-refractivity contribution < 1.29 is 14.7 Å². The molecule has 1 aliphatic heterocycles. The Morgan fingerprint density at radius 3 is 2.61 bits per heavy atom. The number of carbonyl (C=O) groups is 2. The molecular weight excluding hydrogens is 356 g/mol. The van der Waals surface area contributed by atoms with Crippen molar-refractivity contribution >= 4 is 17.6 Å². The maximum absolute atomic E-state index is 12.6. The average Bonchev–Trinajstić information content (AvgIpc) is 2.96. The summed E-state index contributed by atoms with van der Waals surface area (Å²) >= 11 is 0. The Labute approximate surface area is 164 Å². The molecule has 2 aromatic rings. The van der Waals surface area contributed by atoms with Crippen LogP contribution >= 0.6 is 0 Å². The lowest BCUT2D eigenvalue weighted by atomic mass is 9.81. The molecule has 1 fully saturated rings. The van der Waals surface area contributed by atoms with Crippen molar-refractivity contribution in [1.29, 1.82) is 0 Å². The van der Waals surface area contributed by atoms with Gasteiger partial charge in [-0.05, 0) is 50.7 Å². The monoisotopic (exact) mass is 382 g/mol. The zero-order valence-corrected chi connectivity index (χ0v) is 15.9. The van der Waals surface area contributed by atoms with Gasteiger partial charge in [-0.3, -0.25) is 9.59 Å². The quantitative estimate of drug-likeness (QED) is 0.843. The number of fused-ring (bicyclic) bond motifs is 1. The number of amides is 1. The molecule has 28 heavy (non-hydrogen) atoms. The first-order valence-corrected chi connectivity index (χ1v) is 10.2. The van der Waals surface area contributed by atoms with E-state index in [4.69, 9.17) is 5.11 Å². The molecule has 0 atom stereocenters. The molecule has 1 aliphatic carbocycles. The van der Waals surface area contributed by atoms with Gasteiger partial charge in [0.15, 0.2) is 5.82 Å². The smallest absolute Gasteiger partial charge is 0.306 e. The highest BCUT2D eigenvalue weighted by atomic mass is 16.4. The molecule has 0 radical (unpaired) electrons. The van der Waals surface area contributed by atoms with Crippen LogP contribution < -0.4 is 5.32 Å². The van der Waals surface area contributed by atoms with Gasteiger partial charge in [0, 0.05) is 30.1 Å². The number of anilines is 1. The molecule has 1 amide bonds. The summed E-state index contributed by atoms with van der Waals surface area (Å²) in [5.41, 5.74) is 1.70. The molecule has 0 bridgehead atoms. The number of carbonyl (C=O) groups excluding carboxylic acids is 1. The average molecular weight is 382 g/mol. The lowest BCUT2D eigenvalue weighted by Crippen LogP contribution is -2.29. The number of nitrogens with zero attached hydrogens (tertiary/aromatic N) is 3. The van der Waals surface area contributed by atoms with Gasteiger partial charge in [0.1, 0.15) is 5.82 Å². The number of hydrogen-bond acceptors (Lipinski definition) is 4. The summed E-state index contributed by atoms with van der Waals surface area (Å²) in [4.78, 5) is 23.7. The van der Waals surface area contributed by atoms with Gasteiger partial charge >= 0.3 is 5.97 Å². The molecule has 4 rings (SSSR count). The van der Waals surface area contributed by atoms with Gasteiger partial charge in [0.2, 0.25) is 5.91 Å². The van der Waals surface area contributed by atoms with E-state index in [1.165, 1.54) is 6.42 Å². The number of hydrogen-bond donors (Lipinski definition) is 2. The number of aliphatic carboxylic acids is 1. The largest absolute Gasteiger partial charge is 0.481 e. The van der Waals surface area contributed by atoms with E-state index in [1.807, 2.05) is 24.3 Å². The van der Waals surface area contributed by atoms with Crippen LogP contribution in [-0.2, 0) is 22.6 Å². The molecule has 1 aromatic heterocycles. The Morgan fingerprint density at radius 1 is 1.04 bits per heavy atom. The zero-order chi connectivity index (χ0) is 19.5. The van der Waals surface area contributed by atoms with E-state index in [9.17, 15) is 9.59 Å². The molecule has 2 N–H and O–H groups in total. The van der Waals surface area contributed by atoms with Crippen LogP contribution in [0.25, 0.3) is 11.4 Å².